The molecule has 10 heteroatoms. The number of benzene rings is 2. The van der Waals surface area contributed by atoms with Crippen LogP contribution in [0.2, 0.25) is 10.0 Å². The Balaban J connectivity index is 1.62. The van der Waals surface area contributed by atoms with Crippen molar-refractivity contribution in [3.63, 3.8) is 0 Å². The van der Waals surface area contributed by atoms with E-state index in [9.17, 15) is 13.2 Å². The number of hydrogen-bond acceptors (Lipinski definition) is 5. The van der Waals surface area contributed by atoms with Crippen molar-refractivity contribution in [2.45, 2.75) is 11.3 Å². The summed E-state index contributed by atoms with van der Waals surface area (Å²) in [4.78, 5) is 18.3. The van der Waals surface area contributed by atoms with Crippen molar-refractivity contribution in [3.05, 3.63) is 58.6 Å². The van der Waals surface area contributed by atoms with Gasteiger partial charge in [0.25, 0.3) is 5.91 Å². The Morgan fingerprint density at radius 3 is 2.66 bits per heavy atom. The zero-order valence-electron chi connectivity index (χ0n) is 15.0. The number of fused-ring (bicyclic) bond motifs is 1. The van der Waals surface area contributed by atoms with Gasteiger partial charge >= 0.3 is 0 Å². The molecule has 0 aromatic heterocycles. The van der Waals surface area contributed by atoms with Gasteiger partial charge in [-0.15, -0.1) is 0 Å². The molecule has 0 N–H and O–H groups in total. The van der Waals surface area contributed by atoms with Gasteiger partial charge in [-0.05, 0) is 24.3 Å². The van der Waals surface area contributed by atoms with Gasteiger partial charge in [-0.1, -0.05) is 59.2 Å². The second-order valence-electron chi connectivity index (χ2n) is 6.63. The van der Waals surface area contributed by atoms with Gasteiger partial charge in [0.05, 0.1) is 33.3 Å². The molecular formula is C19H16Cl2N2O4S2. The maximum absolute atomic E-state index is 12.4. The van der Waals surface area contributed by atoms with Crippen LogP contribution in [0.3, 0.4) is 0 Å². The molecule has 2 aromatic rings. The van der Waals surface area contributed by atoms with Gasteiger partial charge in [-0.2, -0.15) is 4.99 Å². The molecule has 6 nitrogen and oxygen atoms in total. The Morgan fingerprint density at radius 1 is 1.14 bits per heavy atom. The predicted octanol–water partition coefficient (Wildman–Crippen LogP) is 3.67. The predicted molar refractivity (Wildman–Crippen MR) is 117 cm³/mol. The molecule has 0 radical (unpaired) electrons. The number of carbonyl (C=O) groups is 1. The molecular weight excluding hydrogens is 455 g/mol. The molecule has 0 saturated carbocycles. The van der Waals surface area contributed by atoms with Crippen LogP contribution in [-0.2, 0) is 14.6 Å². The Morgan fingerprint density at radius 2 is 1.90 bits per heavy atom. The second-order valence-corrected chi connectivity index (χ2v) is 10.8. The monoisotopic (exact) mass is 470 g/mol. The quantitative estimate of drug-likeness (QED) is 0.678. The fourth-order valence-electron chi connectivity index (χ4n) is 3.33. The molecule has 1 amide bonds. The Kier molecular flexibility index (Phi) is 5.79. The van der Waals surface area contributed by atoms with E-state index in [1.807, 2.05) is 18.2 Å². The zero-order valence-corrected chi connectivity index (χ0v) is 18.1. The van der Waals surface area contributed by atoms with Crippen LogP contribution in [0.4, 0.5) is 5.69 Å². The van der Waals surface area contributed by atoms with Gasteiger partial charge in [0.1, 0.15) is 5.75 Å². The van der Waals surface area contributed by atoms with E-state index in [1.165, 1.54) is 11.8 Å². The first-order valence-electron chi connectivity index (χ1n) is 8.74. The van der Waals surface area contributed by atoms with E-state index < -0.39 is 15.7 Å². The fraction of sp³-hybridized carbons (Fsp3) is 0.263. The van der Waals surface area contributed by atoms with Crippen LogP contribution in [0.5, 0.6) is 5.75 Å². The molecule has 2 aromatic carbocycles. The maximum atomic E-state index is 12.4. The van der Waals surface area contributed by atoms with Gasteiger partial charge in [0.2, 0.25) is 0 Å². The topological polar surface area (TPSA) is 76.0 Å². The average molecular weight is 471 g/mol. The highest BCUT2D eigenvalue weighted by atomic mass is 35.5. The lowest BCUT2D eigenvalue weighted by Gasteiger charge is -2.25. The minimum Gasteiger partial charge on any atom is -0.484 e. The first-order chi connectivity index (χ1) is 13.8. The SMILES string of the molecule is O=C(COc1ccccc1)N=C1S[C@@H]2CS(=O)(=O)C[C@@H]2N1c1cccc(Cl)c1Cl. The summed E-state index contributed by atoms with van der Waals surface area (Å²) in [6.07, 6.45) is 0. The van der Waals surface area contributed by atoms with Gasteiger partial charge in [0.15, 0.2) is 21.6 Å². The number of thioether (sulfide) groups is 1. The first-order valence-corrected chi connectivity index (χ1v) is 12.2. The standard InChI is InChI=1S/C19H16Cl2N2O4S2/c20-13-7-4-8-14(18(13)21)23-15-10-29(25,26)11-16(15)28-19(23)22-17(24)9-27-12-5-2-1-3-6-12/h1-8,15-16H,9-11H2/t15-,16+/m0/s1. The number of ether oxygens (including phenoxy) is 1. The molecule has 0 unspecified atom stereocenters. The Bertz CT molecular complexity index is 1080. The highest BCUT2D eigenvalue weighted by molar-refractivity contribution is 8.16. The van der Waals surface area contributed by atoms with Crippen molar-refractivity contribution in [2.24, 2.45) is 4.99 Å². The van der Waals surface area contributed by atoms with E-state index >= 15 is 0 Å². The molecule has 2 atom stereocenters. The third-order valence-corrected chi connectivity index (χ3v) is 8.60. The van der Waals surface area contributed by atoms with E-state index in [0.29, 0.717) is 26.6 Å². The molecule has 2 saturated heterocycles. The molecule has 4 rings (SSSR count). The molecule has 0 spiro atoms. The minimum atomic E-state index is -3.17. The van der Waals surface area contributed by atoms with Crippen molar-refractivity contribution in [2.75, 3.05) is 23.0 Å². The summed E-state index contributed by atoms with van der Waals surface area (Å²) < 4.78 is 29.7. The highest BCUT2D eigenvalue weighted by Crippen LogP contribution is 2.44. The van der Waals surface area contributed by atoms with Crippen LogP contribution < -0.4 is 9.64 Å². The molecule has 0 aliphatic carbocycles. The van der Waals surface area contributed by atoms with Crippen LogP contribution >= 0.6 is 35.0 Å². The maximum Gasteiger partial charge on any atom is 0.285 e. The molecule has 2 heterocycles. The number of anilines is 1. The van der Waals surface area contributed by atoms with Crippen LogP contribution in [-0.4, -0.2) is 48.9 Å². The minimum absolute atomic E-state index is 0.0266. The third kappa shape index (κ3) is 4.40. The molecule has 2 aliphatic heterocycles. The summed E-state index contributed by atoms with van der Waals surface area (Å²) in [5, 5.41) is 0.814. The number of hydrogen-bond donors (Lipinski definition) is 0. The second kappa shape index (κ2) is 8.18. The van der Waals surface area contributed by atoms with Crippen molar-refractivity contribution in [3.8, 4) is 5.75 Å². The van der Waals surface area contributed by atoms with Crippen molar-refractivity contribution >= 4 is 61.6 Å². The average Bonchev–Trinajstić information content (AvgIpc) is 3.14. The summed E-state index contributed by atoms with van der Waals surface area (Å²) in [6, 6.07) is 13.7. The number of aliphatic imine (C=N–C) groups is 1. The molecule has 152 valence electrons. The molecule has 2 fully saturated rings. The van der Waals surface area contributed by atoms with E-state index in [4.69, 9.17) is 27.9 Å². The van der Waals surface area contributed by atoms with E-state index in [0.717, 1.165) is 0 Å². The lowest BCUT2D eigenvalue weighted by atomic mass is 10.2. The van der Waals surface area contributed by atoms with Crippen LogP contribution in [0.1, 0.15) is 0 Å². The largest absolute Gasteiger partial charge is 0.484 e. The van der Waals surface area contributed by atoms with Gasteiger partial charge in [-0.25, -0.2) is 8.42 Å². The molecule has 2 aliphatic rings. The van der Waals surface area contributed by atoms with Crippen LogP contribution in [0.15, 0.2) is 53.5 Å². The van der Waals surface area contributed by atoms with Crippen molar-refractivity contribution < 1.29 is 17.9 Å². The van der Waals surface area contributed by atoms with Gasteiger partial charge < -0.3 is 9.64 Å². The molecule has 0 bridgehead atoms. The summed E-state index contributed by atoms with van der Waals surface area (Å²) >= 11 is 13.8. The van der Waals surface area contributed by atoms with Crippen molar-refractivity contribution in [1.29, 1.82) is 0 Å². The summed E-state index contributed by atoms with van der Waals surface area (Å²) in [6.45, 7) is -0.223. The highest BCUT2D eigenvalue weighted by Gasteiger charge is 2.49. The number of rotatable bonds is 4. The lowest BCUT2D eigenvalue weighted by molar-refractivity contribution is -0.119. The van der Waals surface area contributed by atoms with Gasteiger partial charge in [-0.3, -0.25) is 4.79 Å². The Hall–Kier alpha value is -1.74. The van der Waals surface area contributed by atoms with Crippen molar-refractivity contribution in [1.82, 2.24) is 0 Å². The van der Waals surface area contributed by atoms with Crippen LogP contribution in [0.25, 0.3) is 0 Å². The number of sulfone groups is 1. The van der Waals surface area contributed by atoms with E-state index in [2.05, 4.69) is 4.99 Å². The van der Waals surface area contributed by atoms with Gasteiger partial charge in [0, 0.05) is 5.25 Å². The van der Waals surface area contributed by atoms with E-state index in [1.54, 1.807) is 35.2 Å². The number of nitrogens with zero attached hydrogens (tertiary/aromatic N) is 2. The smallest absolute Gasteiger partial charge is 0.285 e. The lowest BCUT2D eigenvalue weighted by Crippen LogP contribution is -2.38. The van der Waals surface area contributed by atoms with Crippen LogP contribution in [0, 0.1) is 0 Å². The number of carbonyl (C=O) groups excluding carboxylic acids is 1. The molecule has 29 heavy (non-hydrogen) atoms. The third-order valence-electron chi connectivity index (χ3n) is 4.58. The fourth-order valence-corrected chi connectivity index (χ4v) is 7.64. The summed E-state index contributed by atoms with van der Waals surface area (Å²) in [7, 11) is -3.17. The normalized spacial score (nSPS) is 23.9. The zero-order chi connectivity index (χ0) is 20.6. The number of amides is 1. The summed E-state index contributed by atoms with van der Waals surface area (Å²) in [5.41, 5.74) is 0.534. The Labute approximate surface area is 182 Å². The first kappa shape index (κ1) is 20.5. The number of halogens is 2. The van der Waals surface area contributed by atoms with E-state index in [-0.39, 0.29) is 29.4 Å². The number of amidine groups is 1. The number of para-hydroxylation sites is 1. The summed E-state index contributed by atoms with van der Waals surface area (Å²) in [5.74, 6) is 0.103.